The summed E-state index contributed by atoms with van der Waals surface area (Å²) in [5.41, 5.74) is 0. The van der Waals surface area contributed by atoms with Gasteiger partial charge in [0.1, 0.15) is 0 Å². The normalized spacial score (nSPS) is 10.9. The van der Waals surface area contributed by atoms with Crippen LogP contribution in [0.3, 0.4) is 0 Å². The Bertz CT molecular complexity index is 694. The smallest absolute Gasteiger partial charge is 0.549 e. The molecule has 5 nitrogen and oxygen atoms in total. The van der Waals surface area contributed by atoms with E-state index in [1.807, 2.05) is 4.72 Å². The molecular weight excluding hydrogens is 277 g/mol. The summed E-state index contributed by atoms with van der Waals surface area (Å²) in [5.74, 6) is -1.47. The molecule has 1 N–H and O–H groups in total. The summed E-state index contributed by atoms with van der Waals surface area (Å²) in [6, 6.07) is 11.8. The first kappa shape index (κ1) is 16.1. The van der Waals surface area contributed by atoms with Gasteiger partial charge in [-0.25, -0.2) is 13.1 Å². The Morgan fingerprint density at radius 3 is 2.42 bits per heavy atom. The monoisotopic (exact) mass is 287 g/mol. The number of sulfonamides is 1. The van der Waals surface area contributed by atoms with Gasteiger partial charge in [0.05, 0.1) is 17.4 Å². The number of hydrogen-bond donors (Lipinski definition) is 1. The largest absolute Gasteiger partial charge is 1.00 e. The fraction of sp³-hybridized carbons (Fsp3) is 0.0833. The van der Waals surface area contributed by atoms with Gasteiger partial charge in [-0.2, -0.15) is 0 Å². The molecule has 0 atom stereocenters. The van der Waals surface area contributed by atoms with E-state index in [1.165, 1.54) is 6.07 Å². The fourth-order valence-electron chi connectivity index (χ4n) is 1.66. The molecule has 0 aliphatic rings. The second-order valence-electron chi connectivity index (χ2n) is 3.67. The minimum absolute atomic E-state index is 0. The molecule has 0 amide bonds. The molecule has 0 saturated carbocycles. The van der Waals surface area contributed by atoms with E-state index in [0.717, 1.165) is 5.39 Å². The van der Waals surface area contributed by atoms with Gasteiger partial charge in [-0.15, -0.1) is 0 Å². The van der Waals surface area contributed by atoms with Crippen molar-refractivity contribution in [1.82, 2.24) is 4.72 Å². The summed E-state index contributed by atoms with van der Waals surface area (Å²) in [6.45, 7) is -0.744. The van der Waals surface area contributed by atoms with Crippen LogP contribution in [0.4, 0.5) is 0 Å². The Morgan fingerprint density at radius 2 is 1.74 bits per heavy atom. The molecule has 0 unspecified atom stereocenters. The van der Waals surface area contributed by atoms with Gasteiger partial charge >= 0.3 is 29.6 Å². The van der Waals surface area contributed by atoms with Crippen molar-refractivity contribution in [2.24, 2.45) is 0 Å². The van der Waals surface area contributed by atoms with E-state index in [0.29, 0.717) is 5.39 Å². The van der Waals surface area contributed by atoms with E-state index in [9.17, 15) is 18.3 Å². The van der Waals surface area contributed by atoms with E-state index < -0.39 is 22.5 Å². The summed E-state index contributed by atoms with van der Waals surface area (Å²) in [4.78, 5) is 10.4. The number of rotatable bonds is 4. The fourth-order valence-corrected chi connectivity index (χ4v) is 2.86. The summed E-state index contributed by atoms with van der Waals surface area (Å²) in [7, 11) is -3.85. The van der Waals surface area contributed by atoms with Crippen LogP contribution in [0.1, 0.15) is 0 Å². The molecule has 0 heterocycles. The molecule has 2 rings (SSSR count). The van der Waals surface area contributed by atoms with Crippen LogP contribution in [-0.4, -0.2) is 20.9 Å². The van der Waals surface area contributed by atoms with Crippen LogP contribution in [-0.2, 0) is 14.8 Å². The summed E-state index contributed by atoms with van der Waals surface area (Å²) >= 11 is 0. The molecule has 0 bridgehead atoms. The van der Waals surface area contributed by atoms with E-state index >= 15 is 0 Å². The van der Waals surface area contributed by atoms with Gasteiger partial charge in [-0.3, -0.25) is 0 Å². The SMILES string of the molecule is O=C([O-])CNS(=O)(=O)c1cccc2ccccc12.[Na+]. The number of carboxylic acids is 1. The summed E-state index contributed by atoms with van der Waals surface area (Å²) in [6.07, 6.45) is 0. The Balaban J connectivity index is 0.00000180. The zero-order chi connectivity index (χ0) is 13.2. The molecule has 0 spiro atoms. The van der Waals surface area contributed by atoms with Gasteiger partial charge in [0, 0.05) is 5.39 Å². The molecular formula is C12H10NNaO4S. The van der Waals surface area contributed by atoms with Gasteiger partial charge in [0.2, 0.25) is 10.0 Å². The molecule has 2 aromatic rings. The third kappa shape index (κ3) is 3.77. The van der Waals surface area contributed by atoms with Crippen molar-refractivity contribution < 1.29 is 47.9 Å². The second-order valence-corrected chi connectivity index (χ2v) is 5.41. The minimum atomic E-state index is -3.85. The molecule has 94 valence electrons. The van der Waals surface area contributed by atoms with Crippen molar-refractivity contribution in [2.75, 3.05) is 6.54 Å². The molecule has 0 fully saturated rings. The van der Waals surface area contributed by atoms with Gasteiger partial charge in [0.15, 0.2) is 0 Å². The van der Waals surface area contributed by atoms with Crippen LogP contribution >= 0.6 is 0 Å². The molecule has 0 radical (unpaired) electrons. The maximum Gasteiger partial charge on any atom is 1.00 e. The van der Waals surface area contributed by atoms with Crippen molar-refractivity contribution in [3.8, 4) is 0 Å². The van der Waals surface area contributed by atoms with Gasteiger partial charge in [-0.05, 0) is 11.5 Å². The third-order valence-corrected chi connectivity index (χ3v) is 3.91. The van der Waals surface area contributed by atoms with Crippen molar-refractivity contribution in [3.05, 3.63) is 42.5 Å². The number of hydrogen-bond acceptors (Lipinski definition) is 4. The molecule has 0 aliphatic carbocycles. The number of carbonyl (C=O) groups excluding carboxylic acids is 1. The number of carbonyl (C=O) groups is 1. The van der Waals surface area contributed by atoms with Crippen LogP contribution in [0.5, 0.6) is 0 Å². The van der Waals surface area contributed by atoms with E-state index in [1.54, 1.807) is 36.4 Å². The first-order valence-electron chi connectivity index (χ1n) is 5.18. The van der Waals surface area contributed by atoms with Crippen LogP contribution in [0, 0.1) is 0 Å². The second kappa shape index (κ2) is 6.49. The molecule has 0 aliphatic heterocycles. The first-order valence-corrected chi connectivity index (χ1v) is 6.66. The third-order valence-electron chi connectivity index (χ3n) is 2.45. The average molecular weight is 287 g/mol. The summed E-state index contributed by atoms with van der Waals surface area (Å²) in [5, 5.41) is 11.6. The average Bonchev–Trinajstić information content (AvgIpc) is 2.36. The predicted molar refractivity (Wildman–Crippen MR) is 64.1 cm³/mol. The first-order chi connectivity index (χ1) is 8.50. The number of aliphatic carboxylic acids is 1. The number of benzene rings is 2. The minimum Gasteiger partial charge on any atom is -0.549 e. The Kier molecular flexibility index (Phi) is 5.51. The van der Waals surface area contributed by atoms with Gasteiger partial charge in [-0.1, -0.05) is 36.4 Å². The topological polar surface area (TPSA) is 86.3 Å². The van der Waals surface area contributed by atoms with Crippen molar-refractivity contribution in [2.45, 2.75) is 4.90 Å². The van der Waals surface area contributed by atoms with Gasteiger partial charge in [0.25, 0.3) is 0 Å². The quantitative estimate of drug-likeness (QED) is 0.603. The van der Waals surface area contributed by atoms with Crippen molar-refractivity contribution in [1.29, 1.82) is 0 Å². The molecule has 0 aromatic heterocycles. The number of nitrogens with one attached hydrogen (secondary N) is 1. The van der Waals surface area contributed by atoms with Crippen molar-refractivity contribution >= 4 is 26.8 Å². The summed E-state index contributed by atoms with van der Waals surface area (Å²) < 4.78 is 25.9. The van der Waals surface area contributed by atoms with E-state index in [2.05, 4.69) is 0 Å². The van der Waals surface area contributed by atoms with Crippen LogP contribution in [0.15, 0.2) is 47.4 Å². The molecule has 2 aromatic carbocycles. The Hall–Kier alpha value is -0.920. The van der Waals surface area contributed by atoms with E-state index in [4.69, 9.17) is 0 Å². The van der Waals surface area contributed by atoms with Crippen LogP contribution in [0.25, 0.3) is 10.8 Å². The van der Waals surface area contributed by atoms with Crippen molar-refractivity contribution in [3.63, 3.8) is 0 Å². The van der Waals surface area contributed by atoms with Gasteiger partial charge < -0.3 is 9.90 Å². The molecule has 7 heteroatoms. The Morgan fingerprint density at radius 1 is 1.11 bits per heavy atom. The van der Waals surface area contributed by atoms with Crippen LogP contribution < -0.4 is 39.4 Å². The standard InChI is InChI=1S/C12H11NO4S.Na/c14-12(15)8-13-18(16,17)11-7-3-5-9-4-1-2-6-10(9)11;/h1-7,13H,8H2,(H,14,15);/q;+1/p-1. The number of fused-ring (bicyclic) bond motifs is 1. The predicted octanol–water partition coefficient (Wildman–Crippen LogP) is -3.13. The zero-order valence-electron chi connectivity index (χ0n) is 10.3. The van der Waals surface area contributed by atoms with E-state index in [-0.39, 0.29) is 34.5 Å². The number of carboxylic acid groups (broad SMARTS) is 1. The zero-order valence-corrected chi connectivity index (χ0v) is 13.1. The molecule has 0 saturated heterocycles. The Labute approximate surface area is 133 Å². The maximum absolute atomic E-state index is 11.9. The maximum atomic E-state index is 11.9. The van der Waals surface area contributed by atoms with Crippen LogP contribution in [0.2, 0.25) is 0 Å². The molecule has 19 heavy (non-hydrogen) atoms.